The van der Waals surface area contributed by atoms with Crippen LogP contribution in [0.15, 0.2) is 60.9 Å². The van der Waals surface area contributed by atoms with Gasteiger partial charge in [0, 0.05) is 5.92 Å². The summed E-state index contributed by atoms with van der Waals surface area (Å²) in [6.07, 6.45) is 0.910. The van der Waals surface area contributed by atoms with E-state index in [4.69, 9.17) is 0 Å². The largest absolute Gasteiger partial charge is 0.512 e. The molecular formula is C20H24O. The van der Waals surface area contributed by atoms with Crippen LogP contribution in [0.1, 0.15) is 37.3 Å². The van der Waals surface area contributed by atoms with Crippen LogP contribution in [0.5, 0.6) is 0 Å². The van der Waals surface area contributed by atoms with Crippen LogP contribution in [0.3, 0.4) is 0 Å². The Balaban J connectivity index is 2.44. The van der Waals surface area contributed by atoms with Crippen molar-refractivity contribution in [3.63, 3.8) is 0 Å². The van der Waals surface area contributed by atoms with E-state index in [1.165, 1.54) is 16.7 Å². The van der Waals surface area contributed by atoms with Gasteiger partial charge in [-0.3, -0.25) is 0 Å². The lowest BCUT2D eigenvalue weighted by atomic mass is 9.86. The van der Waals surface area contributed by atoms with Gasteiger partial charge in [0.25, 0.3) is 0 Å². The topological polar surface area (TPSA) is 20.2 Å². The Bertz CT molecular complexity index is 611. The van der Waals surface area contributed by atoms with Crippen molar-refractivity contribution in [2.24, 2.45) is 5.92 Å². The molecule has 0 aliphatic rings. The Morgan fingerprint density at radius 2 is 1.71 bits per heavy atom. The zero-order valence-electron chi connectivity index (χ0n) is 13.1. The minimum absolute atomic E-state index is 0.00682. The highest BCUT2D eigenvalue weighted by molar-refractivity contribution is 5.65. The highest BCUT2D eigenvalue weighted by Crippen LogP contribution is 2.32. The Kier molecular flexibility index (Phi) is 4.85. The third-order valence-corrected chi connectivity index (χ3v) is 3.72. The average molecular weight is 280 g/mol. The molecule has 1 heteroatoms. The van der Waals surface area contributed by atoms with Crippen molar-refractivity contribution in [1.82, 2.24) is 0 Å². The van der Waals surface area contributed by atoms with Gasteiger partial charge in [0.1, 0.15) is 0 Å². The van der Waals surface area contributed by atoms with Crippen molar-refractivity contribution in [3.8, 4) is 11.1 Å². The lowest BCUT2D eigenvalue weighted by Crippen LogP contribution is -2.06. The predicted molar refractivity (Wildman–Crippen MR) is 90.6 cm³/mol. The third kappa shape index (κ3) is 3.98. The maximum atomic E-state index is 9.97. The molecule has 0 aliphatic carbocycles. The molecule has 2 aromatic carbocycles. The highest BCUT2D eigenvalue weighted by Gasteiger charge is 2.17. The monoisotopic (exact) mass is 280 g/mol. The van der Waals surface area contributed by atoms with Gasteiger partial charge in [-0.15, -0.1) is 0 Å². The van der Waals surface area contributed by atoms with Crippen molar-refractivity contribution in [3.05, 3.63) is 72.0 Å². The number of aryl methyl sites for hydroxylation is 1. The van der Waals surface area contributed by atoms with E-state index in [2.05, 4.69) is 57.7 Å². The molecule has 1 nitrogen and oxygen atoms in total. The molecule has 1 atom stereocenters. The zero-order chi connectivity index (χ0) is 15.4. The van der Waals surface area contributed by atoms with Gasteiger partial charge in [0.05, 0.1) is 5.76 Å². The first-order chi connectivity index (χ1) is 9.97. The average Bonchev–Trinajstić information content (AvgIpc) is 2.44. The Morgan fingerprint density at radius 3 is 2.29 bits per heavy atom. The third-order valence-electron chi connectivity index (χ3n) is 3.72. The minimum Gasteiger partial charge on any atom is -0.512 e. The molecule has 0 heterocycles. The first kappa shape index (κ1) is 15.4. The van der Waals surface area contributed by atoms with E-state index < -0.39 is 0 Å². The summed E-state index contributed by atoms with van der Waals surface area (Å²) in [6, 6.07) is 16.9. The lowest BCUT2D eigenvalue weighted by Gasteiger charge is -2.20. The first-order valence-electron chi connectivity index (χ1n) is 7.52. The molecule has 2 aromatic rings. The number of benzene rings is 2. The fourth-order valence-corrected chi connectivity index (χ4v) is 2.75. The molecule has 0 amide bonds. The van der Waals surface area contributed by atoms with Crippen LogP contribution in [-0.2, 0) is 0 Å². The molecule has 2 rings (SSSR count). The van der Waals surface area contributed by atoms with Crippen molar-refractivity contribution in [2.45, 2.75) is 33.1 Å². The molecular weight excluding hydrogens is 256 g/mol. The highest BCUT2D eigenvalue weighted by atomic mass is 16.3. The van der Waals surface area contributed by atoms with Crippen molar-refractivity contribution < 1.29 is 5.11 Å². The summed E-state index contributed by atoms with van der Waals surface area (Å²) >= 11 is 0. The zero-order valence-corrected chi connectivity index (χ0v) is 13.1. The quantitative estimate of drug-likeness (QED) is 0.680. The smallest absolute Gasteiger partial charge is 0.0925 e. The predicted octanol–water partition coefficient (Wildman–Crippen LogP) is 5.86. The molecule has 0 fully saturated rings. The van der Waals surface area contributed by atoms with Gasteiger partial charge in [-0.2, -0.15) is 0 Å². The molecule has 0 aliphatic heterocycles. The van der Waals surface area contributed by atoms with E-state index in [-0.39, 0.29) is 11.7 Å². The molecule has 0 saturated carbocycles. The van der Waals surface area contributed by atoms with Crippen molar-refractivity contribution in [2.75, 3.05) is 0 Å². The summed E-state index contributed by atoms with van der Waals surface area (Å²) < 4.78 is 0. The standard InChI is InChI=1S/C20H24O/c1-14(2)10-20(16(4)21)19-12-15(3)11-18(13-19)17-8-6-5-7-9-17/h5-9,11-14,20-21H,4,10H2,1-3H3. The Morgan fingerprint density at radius 1 is 1.05 bits per heavy atom. The molecule has 0 radical (unpaired) electrons. The number of rotatable bonds is 5. The van der Waals surface area contributed by atoms with Crippen LogP contribution in [0.2, 0.25) is 0 Å². The molecule has 0 spiro atoms. The molecule has 1 N–H and O–H groups in total. The fraction of sp³-hybridized carbons (Fsp3) is 0.300. The second-order valence-electron chi connectivity index (χ2n) is 6.17. The Labute approximate surface area is 128 Å². The number of aliphatic hydroxyl groups is 1. The van der Waals surface area contributed by atoms with Crippen LogP contribution in [0.25, 0.3) is 11.1 Å². The van der Waals surface area contributed by atoms with Crippen LogP contribution in [-0.4, -0.2) is 5.11 Å². The summed E-state index contributed by atoms with van der Waals surface area (Å²) in [5, 5.41) is 9.97. The van der Waals surface area contributed by atoms with E-state index in [1.54, 1.807) is 0 Å². The van der Waals surface area contributed by atoms with E-state index in [0.717, 1.165) is 12.0 Å². The van der Waals surface area contributed by atoms with Gasteiger partial charge >= 0.3 is 0 Å². The van der Waals surface area contributed by atoms with Gasteiger partial charge in [0.15, 0.2) is 0 Å². The van der Waals surface area contributed by atoms with Crippen LogP contribution in [0, 0.1) is 12.8 Å². The molecule has 0 bridgehead atoms. The van der Waals surface area contributed by atoms with Gasteiger partial charge in [-0.1, -0.05) is 74.5 Å². The van der Waals surface area contributed by atoms with Gasteiger partial charge in [0.2, 0.25) is 0 Å². The van der Waals surface area contributed by atoms with Gasteiger partial charge in [-0.05, 0) is 36.0 Å². The summed E-state index contributed by atoms with van der Waals surface area (Å²) in [6.45, 7) is 10.2. The number of aliphatic hydroxyl groups excluding tert-OH is 1. The van der Waals surface area contributed by atoms with Gasteiger partial charge < -0.3 is 5.11 Å². The number of hydrogen-bond donors (Lipinski definition) is 1. The summed E-state index contributed by atoms with van der Waals surface area (Å²) in [4.78, 5) is 0. The first-order valence-corrected chi connectivity index (χ1v) is 7.52. The lowest BCUT2D eigenvalue weighted by molar-refractivity contribution is 0.346. The van der Waals surface area contributed by atoms with Crippen LogP contribution >= 0.6 is 0 Å². The normalized spacial score (nSPS) is 12.4. The van der Waals surface area contributed by atoms with Crippen molar-refractivity contribution >= 4 is 0 Å². The maximum Gasteiger partial charge on any atom is 0.0925 e. The second kappa shape index (κ2) is 6.62. The van der Waals surface area contributed by atoms with E-state index in [1.807, 2.05) is 18.2 Å². The van der Waals surface area contributed by atoms with Crippen LogP contribution in [0.4, 0.5) is 0 Å². The summed E-state index contributed by atoms with van der Waals surface area (Å²) in [5.74, 6) is 0.778. The van der Waals surface area contributed by atoms with Crippen molar-refractivity contribution in [1.29, 1.82) is 0 Å². The molecule has 110 valence electrons. The number of allylic oxidation sites excluding steroid dienone is 1. The van der Waals surface area contributed by atoms with E-state index >= 15 is 0 Å². The molecule has 21 heavy (non-hydrogen) atoms. The van der Waals surface area contributed by atoms with E-state index in [0.29, 0.717) is 5.92 Å². The Hall–Kier alpha value is -2.02. The SMILES string of the molecule is C=C(O)C(CC(C)C)c1cc(C)cc(-c2ccccc2)c1. The fourth-order valence-electron chi connectivity index (χ4n) is 2.75. The second-order valence-corrected chi connectivity index (χ2v) is 6.17. The maximum absolute atomic E-state index is 9.97. The van der Waals surface area contributed by atoms with Crippen LogP contribution < -0.4 is 0 Å². The summed E-state index contributed by atoms with van der Waals surface area (Å²) in [5.41, 5.74) is 4.76. The molecule has 1 unspecified atom stereocenters. The molecule has 0 saturated heterocycles. The summed E-state index contributed by atoms with van der Waals surface area (Å²) in [7, 11) is 0. The number of hydrogen-bond acceptors (Lipinski definition) is 1. The van der Waals surface area contributed by atoms with E-state index in [9.17, 15) is 5.11 Å². The minimum atomic E-state index is 0.00682. The van der Waals surface area contributed by atoms with Gasteiger partial charge in [-0.25, -0.2) is 0 Å². The molecule has 0 aromatic heterocycles.